The van der Waals surface area contributed by atoms with E-state index in [1.54, 1.807) is 19.9 Å². The van der Waals surface area contributed by atoms with Crippen molar-refractivity contribution in [3.05, 3.63) is 100 Å². The Morgan fingerprint density at radius 1 is 1.08 bits per heavy atom. The first-order valence-corrected chi connectivity index (χ1v) is 13.0. The molecule has 3 aromatic rings. The van der Waals surface area contributed by atoms with E-state index in [0.717, 1.165) is 40.5 Å². The van der Waals surface area contributed by atoms with Gasteiger partial charge < -0.3 is 5.32 Å². The molecule has 0 aliphatic rings. The van der Waals surface area contributed by atoms with Crippen LogP contribution in [0.25, 0.3) is 17.2 Å². The Bertz CT molecular complexity index is 1390. The minimum Gasteiger partial charge on any atom is -0.332 e. The van der Waals surface area contributed by atoms with Gasteiger partial charge in [-0.3, -0.25) is 5.43 Å². The van der Waals surface area contributed by atoms with Gasteiger partial charge in [0, 0.05) is 30.6 Å². The third-order valence-electron chi connectivity index (χ3n) is 6.33. The van der Waals surface area contributed by atoms with E-state index in [1.165, 1.54) is 18.0 Å². The number of thiocarbonyl (C=S) groups is 1. The average Bonchev–Trinajstić information content (AvgIpc) is 2.92. The summed E-state index contributed by atoms with van der Waals surface area (Å²) in [5, 5.41) is 4.00. The van der Waals surface area contributed by atoms with Crippen molar-refractivity contribution in [2.75, 3.05) is 6.54 Å². The van der Waals surface area contributed by atoms with Crippen LogP contribution < -0.4 is 10.7 Å². The summed E-state index contributed by atoms with van der Waals surface area (Å²) < 4.78 is 56.5. The van der Waals surface area contributed by atoms with E-state index in [9.17, 15) is 22.4 Å². The molecule has 0 aliphatic heterocycles. The fourth-order valence-corrected chi connectivity index (χ4v) is 4.27. The zero-order valence-electron chi connectivity index (χ0n) is 22.2. The van der Waals surface area contributed by atoms with Gasteiger partial charge in [0.15, 0.2) is 0 Å². The van der Waals surface area contributed by atoms with Gasteiger partial charge in [0.2, 0.25) is 0 Å². The normalized spacial score (nSPS) is 11.5. The molecule has 3 rings (SSSR count). The molecular formula is C30H31F4N3OS. The molecule has 0 unspecified atom stereocenters. The minimum absolute atomic E-state index is 0.0398. The Balaban J connectivity index is 1.75. The first-order valence-electron chi connectivity index (χ1n) is 12.6. The highest BCUT2D eigenvalue weighted by atomic mass is 32.1. The van der Waals surface area contributed by atoms with Gasteiger partial charge in [0.25, 0.3) is 5.92 Å². The van der Waals surface area contributed by atoms with Crippen molar-refractivity contribution in [2.24, 2.45) is 0 Å². The molecule has 0 fully saturated rings. The fourth-order valence-electron chi connectivity index (χ4n) is 4.04. The molecule has 0 atom stereocenters. The number of amides is 2. The average molecular weight is 558 g/mol. The lowest BCUT2D eigenvalue weighted by Crippen LogP contribution is -2.50. The zero-order chi connectivity index (χ0) is 28.7. The topological polar surface area (TPSA) is 44.4 Å². The first-order chi connectivity index (χ1) is 18.5. The van der Waals surface area contributed by atoms with E-state index in [-0.39, 0.29) is 29.5 Å². The standard InChI is InChI=1S/C30H31F4N3OS/c1-5-9-20-14-21(26-10-8-11-27(32)19(26)4)12-13-22(20)18-35-29(38)37(7-3)36-28(39)23-15-24(17-25(31)16-23)30(33,34)6-2/h5,8-17H,6-7,18H2,1-4H3,(H,35,38)(H,36,39). The smallest absolute Gasteiger partial charge is 0.332 e. The number of nitrogens with one attached hydrogen (secondary N) is 2. The maximum atomic E-state index is 14.1. The van der Waals surface area contributed by atoms with E-state index in [4.69, 9.17) is 12.2 Å². The predicted molar refractivity (Wildman–Crippen MR) is 151 cm³/mol. The molecule has 2 N–H and O–H groups in total. The molecule has 0 aromatic heterocycles. The number of carbonyl (C=O) groups is 1. The van der Waals surface area contributed by atoms with Crippen LogP contribution >= 0.6 is 12.2 Å². The largest absolute Gasteiger partial charge is 0.336 e. The van der Waals surface area contributed by atoms with E-state index < -0.39 is 29.8 Å². The van der Waals surface area contributed by atoms with Gasteiger partial charge in [-0.1, -0.05) is 55.6 Å². The predicted octanol–water partition coefficient (Wildman–Crippen LogP) is 7.89. The third kappa shape index (κ3) is 7.23. The number of hydrazine groups is 1. The minimum atomic E-state index is -3.21. The van der Waals surface area contributed by atoms with E-state index in [2.05, 4.69) is 10.7 Å². The van der Waals surface area contributed by atoms with Crippen LogP contribution in [-0.2, 0) is 12.5 Å². The summed E-state index contributed by atoms with van der Waals surface area (Å²) in [6.45, 7) is 6.99. The molecule has 0 saturated carbocycles. The molecule has 0 aliphatic carbocycles. The van der Waals surface area contributed by atoms with Gasteiger partial charge in [-0.05, 0) is 78.9 Å². The van der Waals surface area contributed by atoms with Gasteiger partial charge in [-0.15, -0.1) is 0 Å². The quantitative estimate of drug-likeness (QED) is 0.168. The second-order valence-electron chi connectivity index (χ2n) is 8.96. The number of urea groups is 1. The van der Waals surface area contributed by atoms with Crippen LogP contribution in [0.2, 0.25) is 0 Å². The van der Waals surface area contributed by atoms with Crippen LogP contribution in [0.15, 0.2) is 60.7 Å². The molecule has 0 heterocycles. The molecule has 9 heteroatoms. The van der Waals surface area contributed by atoms with Gasteiger partial charge in [0.1, 0.15) is 16.6 Å². The number of rotatable bonds is 8. The molecule has 0 bridgehead atoms. The fraction of sp³-hybridized carbons (Fsp3) is 0.267. The number of carbonyl (C=O) groups excluding carboxylic acids is 1. The summed E-state index contributed by atoms with van der Waals surface area (Å²) in [5.74, 6) is -4.34. The van der Waals surface area contributed by atoms with Crippen molar-refractivity contribution in [2.45, 2.75) is 46.6 Å². The van der Waals surface area contributed by atoms with Gasteiger partial charge in [0.05, 0.1) is 0 Å². The molecule has 0 radical (unpaired) electrons. The number of hydrogen-bond acceptors (Lipinski definition) is 2. The van der Waals surface area contributed by atoms with Crippen LogP contribution in [0, 0.1) is 18.6 Å². The monoisotopic (exact) mass is 557 g/mol. The Morgan fingerprint density at radius 2 is 1.82 bits per heavy atom. The lowest BCUT2D eigenvalue weighted by molar-refractivity contribution is -0.00859. The van der Waals surface area contributed by atoms with E-state index in [1.807, 2.05) is 43.3 Å². The van der Waals surface area contributed by atoms with Crippen LogP contribution in [0.3, 0.4) is 0 Å². The zero-order valence-corrected chi connectivity index (χ0v) is 23.1. The van der Waals surface area contributed by atoms with Crippen molar-refractivity contribution in [1.29, 1.82) is 0 Å². The van der Waals surface area contributed by atoms with Crippen molar-refractivity contribution in [3.63, 3.8) is 0 Å². The van der Waals surface area contributed by atoms with Crippen LogP contribution in [-0.4, -0.2) is 22.6 Å². The molecule has 0 spiro atoms. The van der Waals surface area contributed by atoms with Gasteiger partial charge >= 0.3 is 6.03 Å². The number of alkyl halides is 2. The second-order valence-corrected chi connectivity index (χ2v) is 9.36. The van der Waals surface area contributed by atoms with Crippen molar-refractivity contribution in [1.82, 2.24) is 15.8 Å². The number of allylic oxidation sites excluding steroid dienone is 1. The third-order valence-corrected chi connectivity index (χ3v) is 6.65. The molecule has 206 valence electrons. The van der Waals surface area contributed by atoms with E-state index in [0.29, 0.717) is 5.56 Å². The van der Waals surface area contributed by atoms with E-state index >= 15 is 0 Å². The summed E-state index contributed by atoms with van der Waals surface area (Å²) in [6.07, 6.45) is 3.28. The first kappa shape index (κ1) is 29.8. The SMILES string of the molecule is CC=Cc1cc(-c2cccc(F)c2C)ccc1CNC(=O)N(CC)NC(=S)c1cc(F)cc(C(F)(F)CC)c1. The molecular weight excluding hydrogens is 526 g/mol. The summed E-state index contributed by atoms with van der Waals surface area (Å²) in [5.41, 5.74) is 6.14. The second kappa shape index (κ2) is 12.9. The maximum absolute atomic E-state index is 14.1. The lowest BCUT2D eigenvalue weighted by Gasteiger charge is -2.24. The van der Waals surface area contributed by atoms with Crippen molar-refractivity contribution >= 4 is 29.3 Å². The molecule has 0 saturated heterocycles. The Labute approximate surface area is 231 Å². The highest BCUT2D eigenvalue weighted by Crippen LogP contribution is 2.32. The van der Waals surface area contributed by atoms with Crippen molar-refractivity contribution in [3.8, 4) is 11.1 Å². The molecule has 4 nitrogen and oxygen atoms in total. The molecule has 39 heavy (non-hydrogen) atoms. The lowest BCUT2D eigenvalue weighted by atomic mass is 9.95. The van der Waals surface area contributed by atoms with Crippen LogP contribution in [0.5, 0.6) is 0 Å². The number of hydrogen-bond donors (Lipinski definition) is 2. The van der Waals surface area contributed by atoms with Crippen LogP contribution in [0.1, 0.15) is 55.0 Å². The highest BCUT2D eigenvalue weighted by Gasteiger charge is 2.30. The van der Waals surface area contributed by atoms with Gasteiger partial charge in [-0.25, -0.2) is 27.4 Å². The molecule has 3 aromatic carbocycles. The summed E-state index contributed by atoms with van der Waals surface area (Å²) >= 11 is 5.29. The maximum Gasteiger partial charge on any atom is 0.336 e. The number of benzene rings is 3. The molecule has 2 amide bonds. The van der Waals surface area contributed by atoms with Gasteiger partial charge in [-0.2, -0.15) is 0 Å². The Kier molecular flexibility index (Phi) is 9.86. The van der Waals surface area contributed by atoms with Crippen LogP contribution in [0.4, 0.5) is 22.4 Å². The highest BCUT2D eigenvalue weighted by molar-refractivity contribution is 7.80. The Morgan fingerprint density at radius 3 is 2.49 bits per heavy atom. The summed E-state index contributed by atoms with van der Waals surface area (Å²) in [7, 11) is 0. The number of nitrogens with zero attached hydrogens (tertiary/aromatic N) is 1. The Hall–Kier alpha value is -3.72. The summed E-state index contributed by atoms with van der Waals surface area (Å²) in [6, 6.07) is 13.0. The summed E-state index contributed by atoms with van der Waals surface area (Å²) in [4.78, 5) is 12.9. The van der Waals surface area contributed by atoms with Crippen molar-refractivity contribution < 1.29 is 22.4 Å². The number of halogens is 4.